The summed E-state index contributed by atoms with van der Waals surface area (Å²) in [6.45, 7) is 13.2. The highest BCUT2D eigenvalue weighted by Gasteiger charge is 2.77. The predicted molar refractivity (Wildman–Crippen MR) is 235 cm³/mol. The topological polar surface area (TPSA) is 138 Å². The maximum atomic E-state index is 15.4. The minimum atomic E-state index is -1.45. The minimum absolute atomic E-state index is 0.0295. The Hall–Kier alpha value is -4.82. The number of hydrogen-bond donors (Lipinski definition) is 2. The first-order valence-corrected chi connectivity index (χ1v) is 21.7. The Kier molecular flexibility index (Phi) is 15.0. The first kappa shape index (κ1) is 44.7. The van der Waals surface area contributed by atoms with Crippen LogP contribution in [0.3, 0.4) is 0 Å². The summed E-state index contributed by atoms with van der Waals surface area (Å²) in [5.41, 5.74) is 1.65. The van der Waals surface area contributed by atoms with Gasteiger partial charge in [-0.1, -0.05) is 88.7 Å². The molecular weight excluding hydrogens is 828 g/mol. The molecule has 0 aliphatic carbocycles. The first-order valence-electron chi connectivity index (χ1n) is 20.8. The fourth-order valence-electron chi connectivity index (χ4n) is 9.30. The van der Waals surface area contributed by atoms with E-state index in [0.717, 1.165) is 24.3 Å². The van der Waals surface area contributed by atoms with Crippen molar-refractivity contribution in [1.82, 2.24) is 10.2 Å². The molecule has 3 aliphatic rings. The second kappa shape index (κ2) is 20.2. The number of anilines is 2. The van der Waals surface area contributed by atoms with Gasteiger partial charge in [-0.3, -0.25) is 19.2 Å². The van der Waals surface area contributed by atoms with Crippen LogP contribution in [0.4, 0.5) is 11.4 Å². The van der Waals surface area contributed by atoms with Crippen molar-refractivity contribution in [2.24, 2.45) is 11.8 Å². The molecule has 0 aromatic heterocycles. The molecule has 3 amide bonds. The Morgan fingerprint density at radius 2 is 1.65 bits per heavy atom. The van der Waals surface area contributed by atoms with Gasteiger partial charge in [0.15, 0.2) is 0 Å². The van der Waals surface area contributed by atoms with Gasteiger partial charge >= 0.3 is 5.97 Å². The second-order valence-electron chi connectivity index (χ2n) is 15.6. The Morgan fingerprint density at radius 1 is 1.00 bits per heavy atom. The van der Waals surface area contributed by atoms with Gasteiger partial charge in [-0.2, -0.15) is 0 Å². The first-order chi connectivity index (χ1) is 29.1. The largest absolute Gasteiger partial charge is 0.455 e. The molecule has 9 atom stereocenters. The molecule has 60 heavy (non-hydrogen) atoms. The lowest BCUT2D eigenvalue weighted by atomic mass is 9.70. The van der Waals surface area contributed by atoms with E-state index < -0.39 is 77.0 Å². The predicted octanol–water partition coefficient (Wildman–Crippen LogP) is 5.79. The molecule has 13 heteroatoms. The summed E-state index contributed by atoms with van der Waals surface area (Å²) in [4.78, 5) is 63.5. The molecule has 2 bridgehead atoms. The van der Waals surface area contributed by atoms with E-state index in [-0.39, 0.29) is 38.3 Å². The van der Waals surface area contributed by atoms with Crippen LogP contribution in [-0.4, -0.2) is 108 Å². The highest BCUT2D eigenvalue weighted by molar-refractivity contribution is 9.09. The molecule has 3 aromatic carbocycles. The number of rotatable bonds is 21. The zero-order chi connectivity index (χ0) is 43.0. The van der Waals surface area contributed by atoms with Gasteiger partial charge in [0.05, 0.1) is 43.2 Å². The van der Waals surface area contributed by atoms with Gasteiger partial charge in [0.1, 0.15) is 17.7 Å². The Morgan fingerprint density at radius 3 is 2.25 bits per heavy atom. The molecule has 3 heterocycles. The highest BCUT2D eigenvalue weighted by atomic mass is 79.9. The molecular formula is C47H57BrN4O8. The third-order valence-corrected chi connectivity index (χ3v) is 12.9. The Balaban J connectivity index is 1.41. The van der Waals surface area contributed by atoms with E-state index in [2.05, 4.69) is 53.2 Å². The summed E-state index contributed by atoms with van der Waals surface area (Å²) in [6.07, 6.45) is 2.64. The third kappa shape index (κ3) is 8.95. The van der Waals surface area contributed by atoms with Gasteiger partial charge in [-0.25, -0.2) is 0 Å². The molecule has 3 saturated heterocycles. The standard InChI is InChI=1S/C47H57BrN4O8/c1-6-10-21-38(54)49-37(30-58-5)41(32-19-15-12-16-20-32)59-46(57)39-40-44(55)52(35(29-53)27-31-17-13-11-14-18-31)43(47(40)28-36(48)42(39)60-47)45(56)51(26-7-2)34-24-22-33(23-25-34)50(8-3)9-4/h6-7,11-20,22-25,35-37,39-43,53H,1-2,8-10,21,26-30H2,3-5H3,(H,49,54)/t35-,36?,37-,39-,40+,41-,42-,43-,47+/m1/s1. The van der Waals surface area contributed by atoms with Crippen molar-refractivity contribution in [1.29, 1.82) is 0 Å². The van der Waals surface area contributed by atoms with Gasteiger partial charge in [-0.05, 0) is 68.5 Å². The third-order valence-electron chi connectivity index (χ3n) is 12.0. The summed E-state index contributed by atoms with van der Waals surface area (Å²) in [7, 11) is 1.50. The minimum Gasteiger partial charge on any atom is -0.455 e. The van der Waals surface area contributed by atoms with E-state index in [4.69, 9.17) is 14.2 Å². The van der Waals surface area contributed by atoms with Crippen molar-refractivity contribution in [2.75, 3.05) is 49.8 Å². The van der Waals surface area contributed by atoms with Crippen molar-refractivity contribution in [3.05, 3.63) is 121 Å². The SMILES string of the molecule is C=CCCC(=O)N[C@H](COC)[C@H](OC(=O)[C@H]1[C@@H]2O[C@@]3(CC2Br)[C@@H]1C(=O)N([C@@H](CO)Cc1ccccc1)[C@@H]3C(=O)N(CC=C)c1ccc(N(CC)CC)cc1)c1ccccc1. The number of allylic oxidation sites excluding steroid dienone is 1. The van der Waals surface area contributed by atoms with Crippen LogP contribution >= 0.6 is 15.9 Å². The number of fused-ring (bicyclic) bond motifs is 1. The number of halogens is 1. The van der Waals surface area contributed by atoms with E-state index in [1.165, 1.54) is 12.0 Å². The van der Waals surface area contributed by atoms with E-state index in [1.54, 1.807) is 29.2 Å². The summed E-state index contributed by atoms with van der Waals surface area (Å²) in [6, 6.07) is 23.4. The zero-order valence-corrected chi connectivity index (χ0v) is 36.2. The number of nitrogens with one attached hydrogen (secondary N) is 1. The number of ether oxygens (including phenoxy) is 3. The Bertz CT molecular complexity index is 1960. The van der Waals surface area contributed by atoms with Crippen LogP contribution in [0.2, 0.25) is 0 Å². The fourth-order valence-corrected chi connectivity index (χ4v) is 10.2. The van der Waals surface area contributed by atoms with Crippen LogP contribution < -0.4 is 15.1 Å². The molecule has 3 aliphatic heterocycles. The van der Waals surface area contributed by atoms with Gasteiger partial charge in [0.25, 0.3) is 5.91 Å². The summed E-state index contributed by atoms with van der Waals surface area (Å²) in [5, 5.41) is 14.0. The number of carbonyl (C=O) groups is 4. The van der Waals surface area contributed by atoms with E-state index in [9.17, 15) is 14.7 Å². The number of carbonyl (C=O) groups excluding carboxylic acids is 4. The van der Waals surface area contributed by atoms with Crippen LogP contribution in [0.25, 0.3) is 0 Å². The number of esters is 1. The summed E-state index contributed by atoms with van der Waals surface area (Å²) < 4.78 is 18.8. The van der Waals surface area contributed by atoms with Gasteiger partial charge in [0, 0.05) is 49.4 Å². The van der Waals surface area contributed by atoms with Crippen molar-refractivity contribution in [2.45, 2.75) is 80.3 Å². The highest BCUT2D eigenvalue weighted by Crippen LogP contribution is 2.61. The van der Waals surface area contributed by atoms with E-state index in [0.29, 0.717) is 17.7 Å². The average Bonchev–Trinajstić information content (AvgIpc) is 3.87. The molecule has 320 valence electrons. The zero-order valence-electron chi connectivity index (χ0n) is 34.7. The molecule has 0 radical (unpaired) electrons. The van der Waals surface area contributed by atoms with Crippen molar-refractivity contribution < 1.29 is 38.5 Å². The maximum Gasteiger partial charge on any atom is 0.313 e. The van der Waals surface area contributed by atoms with Crippen LogP contribution in [0.15, 0.2) is 110 Å². The summed E-state index contributed by atoms with van der Waals surface area (Å²) in [5.74, 6) is -4.08. The van der Waals surface area contributed by atoms with Crippen molar-refractivity contribution >= 4 is 51.0 Å². The number of alkyl halides is 1. The number of amides is 3. The lowest BCUT2D eigenvalue weighted by Crippen LogP contribution is -2.59. The number of likely N-dealkylation sites (tertiary alicyclic amines) is 1. The van der Waals surface area contributed by atoms with Crippen LogP contribution in [-0.2, 0) is 39.8 Å². The summed E-state index contributed by atoms with van der Waals surface area (Å²) >= 11 is 3.79. The van der Waals surface area contributed by atoms with E-state index in [1.807, 2.05) is 72.8 Å². The normalized spacial score (nSPS) is 24.2. The monoisotopic (exact) mass is 884 g/mol. The number of nitrogens with zero attached hydrogens (tertiary/aromatic N) is 3. The molecule has 3 fully saturated rings. The smallest absolute Gasteiger partial charge is 0.313 e. The van der Waals surface area contributed by atoms with Crippen molar-refractivity contribution in [3.63, 3.8) is 0 Å². The lowest BCUT2D eigenvalue weighted by molar-refractivity contribution is -0.163. The maximum absolute atomic E-state index is 15.4. The number of methoxy groups -OCH3 is 1. The molecule has 1 unspecified atom stereocenters. The van der Waals surface area contributed by atoms with Crippen LogP contribution in [0.1, 0.15) is 50.3 Å². The fraction of sp³-hybridized carbons (Fsp3) is 0.447. The molecule has 12 nitrogen and oxygen atoms in total. The molecule has 1 spiro atoms. The number of hydrogen-bond acceptors (Lipinski definition) is 9. The second-order valence-corrected chi connectivity index (χ2v) is 16.8. The molecule has 6 rings (SSSR count). The number of aliphatic hydroxyl groups excluding tert-OH is 1. The van der Waals surface area contributed by atoms with Gasteiger partial charge in [0.2, 0.25) is 11.8 Å². The lowest BCUT2D eigenvalue weighted by Gasteiger charge is -2.39. The quantitative estimate of drug-likeness (QED) is 0.0775. The molecule has 3 aromatic rings. The Labute approximate surface area is 361 Å². The van der Waals surface area contributed by atoms with Gasteiger partial charge < -0.3 is 39.3 Å². The number of aliphatic hydroxyl groups is 1. The van der Waals surface area contributed by atoms with Crippen LogP contribution in [0, 0.1) is 11.8 Å². The van der Waals surface area contributed by atoms with Crippen molar-refractivity contribution in [3.8, 4) is 0 Å². The van der Waals surface area contributed by atoms with E-state index >= 15 is 9.59 Å². The van der Waals surface area contributed by atoms with Crippen LogP contribution in [0.5, 0.6) is 0 Å². The molecule has 0 saturated carbocycles. The van der Waals surface area contributed by atoms with Gasteiger partial charge in [-0.15, -0.1) is 13.2 Å². The number of benzene rings is 3. The molecule has 2 N–H and O–H groups in total. The average molecular weight is 886 g/mol.